The van der Waals surface area contributed by atoms with E-state index < -0.39 is 0 Å². The summed E-state index contributed by atoms with van der Waals surface area (Å²) in [7, 11) is 0. The molecule has 8 heavy (non-hydrogen) atoms. The lowest BCUT2D eigenvalue weighted by molar-refractivity contribution is 0.882. The fraction of sp³-hybridized carbons (Fsp3) is 0.750. The van der Waals surface area contributed by atoms with E-state index in [1.54, 1.807) is 11.8 Å². The van der Waals surface area contributed by atoms with Crippen LogP contribution in [0.5, 0.6) is 0 Å². The van der Waals surface area contributed by atoms with Gasteiger partial charge in [0.1, 0.15) is 0 Å². The van der Waals surface area contributed by atoms with E-state index in [0.29, 0.717) is 5.37 Å². The molecule has 0 saturated carbocycles. The van der Waals surface area contributed by atoms with Crippen LogP contribution in [0.3, 0.4) is 0 Å². The predicted molar refractivity (Wildman–Crippen MR) is 41.0 cm³/mol. The van der Waals surface area contributed by atoms with Gasteiger partial charge >= 0.3 is 0 Å². The first-order valence-corrected chi connectivity index (χ1v) is 4.09. The number of thiocarbonyl (C=S) groups is 1. The lowest BCUT2D eigenvalue weighted by Gasteiger charge is -2.01. The summed E-state index contributed by atoms with van der Waals surface area (Å²) >= 11 is 6.60. The molecule has 0 aromatic rings. The lowest BCUT2D eigenvalue weighted by Crippen LogP contribution is -2.23. The van der Waals surface area contributed by atoms with Crippen LogP contribution in [0.15, 0.2) is 0 Å². The van der Waals surface area contributed by atoms with Crippen molar-refractivity contribution in [3.8, 4) is 0 Å². The van der Waals surface area contributed by atoms with Crippen LogP contribution < -0.4 is 10.6 Å². The van der Waals surface area contributed by atoms with E-state index >= 15 is 0 Å². The van der Waals surface area contributed by atoms with Crippen LogP contribution in [0, 0.1) is 0 Å². The van der Waals surface area contributed by atoms with Gasteiger partial charge in [0, 0.05) is 6.54 Å². The molecular weight excluding hydrogens is 140 g/mol. The molecule has 1 aliphatic heterocycles. The van der Waals surface area contributed by atoms with Crippen LogP contribution in [0.1, 0.15) is 0 Å². The number of nitrogens with one attached hydrogen (secondary N) is 2. The molecule has 0 aliphatic carbocycles. The monoisotopic (exact) mass is 148 g/mol. The first-order valence-electron chi connectivity index (χ1n) is 2.40. The van der Waals surface area contributed by atoms with E-state index in [1.807, 2.05) is 0 Å². The number of hydrogen-bond donors (Lipinski definition) is 2. The summed E-state index contributed by atoms with van der Waals surface area (Å²) in [6.07, 6.45) is 2.06. The maximum Gasteiger partial charge on any atom is 0.167 e. The predicted octanol–water partition coefficient (Wildman–Crippen LogP) is 0.153. The van der Waals surface area contributed by atoms with Gasteiger partial charge in [-0.1, -0.05) is 0 Å². The second kappa shape index (κ2) is 2.55. The Hall–Kier alpha value is 0.0400. The normalized spacial score (nSPS) is 27.1. The molecule has 2 N–H and O–H groups in total. The first kappa shape index (κ1) is 6.16. The van der Waals surface area contributed by atoms with E-state index in [4.69, 9.17) is 12.2 Å². The third-order valence-electron chi connectivity index (χ3n) is 1.02. The highest BCUT2D eigenvalue weighted by Crippen LogP contribution is 2.04. The van der Waals surface area contributed by atoms with Crippen LogP contribution in [0.2, 0.25) is 0 Å². The van der Waals surface area contributed by atoms with Gasteiger partial charge in [-0.05, 0) is 18.5 Å². The van der Waals surface area contributed by atoms with Crippen molar-refractivity contribution in [3.05, 3.63) is 0 Å². The van der Waals surface area contributed by atoms with Crippen molar-refractivity contribution in [2.45, 2.75) is 5.37 Å². The molecule has 0 aromatic carbocycles. The number of rotatable bonds is 1. The minimum absolute atomic E-state index is 0.488. The Morgan fingerprint density at radius 3 is 2.88 bits per heavy atom. The Morgan fingerprint density at radius 2 is 2.62 bits per heavy atom. The molecule has 1 fully saturated rings. The molecule has 0 radical (unpaired) electrons. The average Bonchev–Trinajstić information content (AvgIpc) is 2.14. The summed E-state index contributed by atoms with van der Waals surface area (Å²) in [6, 6.07) is 0. The lowest BCUT2D eigenvalue weighted by atomic mass is 10.7. The summed E-state index contributed by atoms with van der Waals surface area (Å²) < 4.78 is 0. The quantitative estimate of drug-likeness (QED) is 0.517. The molecule has 1 unspecified atom stereocenters. The van der Waals surface area contributed by atoms with Crippen LogP contribution >= 0.6 is 24.0 Å². The minimum Gasteiger partial charge on any atom is -0.360 e. The van der Waals surface area contributed by atoms with Crippen molar-refractivity contribution < 1.29 is 0 Å². The molecule has 1 aliphatic rings. The van der Waals surface area contributed by atoms with Gasteiger partial charge in [0.05, 0.1) is 5.37 Å². The molecule has 2 nitrogen and oxygen atoms in total. The topological polar surface area (TPSA) is 24.1 Å². The molecule has 1 saturated heterocycles. The van der Waals surface area contributed by atoms with Crippen molar-refractivity contribution in [2.24, 2.45) is 0 Å². The highest BCUT2D eigenvalue weighted by molar-refractivity contribution is 7.99. The smallest absolute Gasteiger partial charge is 0.167 e. The zero-order valence-corrected chi connectivity index (χ0v) is 6.23. The molecule has 1 heterocycles. The Labute approximate surface area is 58.4 Å². The minimum atomic E-state index is 0.488. The molecular formula is C4H8N2S2. The van der Waals surface area contributed by atoms with Crippen molar-refractivity contribution in [1.82, 2.24) is 10.6 Å². The highest BCUT2D eigenvalue weighted by Gasteiger charge is 2.14. The van der Waals surface area contributed by atoms with Crippen molar-refractivity contribution >= 4 is 29.1 Å². The molecule has 4 heteroatoms. The molecule has 0 spiro atoms. The second-order valence-electron chi connectivity index (χ2n) is 1.58. The van der Waals surface area contributed by atoms with Crippen molar-refractivity contribution in [1.29, 1.82) is 0 Å². The molecule has 1 rings (SSSR count). The SMILES string of the molecule is CSC1CNC(=S)N1. The molecule has 0 amide bonds. The van der Waals surface area contributed by atoms with Gasteiger partial charge in [-0.15, -0.1) is 11.8 Å². The van der Waals surface area contributed by atoms with Gasteiger partial charge in [-0.3, -0.25) is 0 Å². The molecule has 46 valence electrons. The fourth-order valence-corrected chi connectivity index (χ4v) is 1.36. The van der Waals surface area contributed by atoms with E-state index in [9.17, 15) is 0 Å². The van der Waals surface area contributed by atoms with Crippen LogP contribution in [-0.2, 0) is 0 Å². The zero-order chi connectivity index (χ0) is 5.98. The highest BCUT2D eigenvalue weighted by atomic mass is 32.2. The van der Waals surface area contributed by atoms with Crippen LogP contribution in [0.25, 0.3) is 0 Å². The first-order chi connectivity index (χ1) is 3.83. The fourth-order valence-electron chi connectivity index (χ4n) is 0.576. The summed E-state index contributed by atoms with van der Waals surface area (Å²) in [4.78, 5) is 0. The van der Waals surface area contributed by atoms with Gasteiger partial charge in [-0.25, -0.2) is 0 Å². The van der Waals surface area contributed by atoms with E-state index in [2.05, 4.69) is 16.9 Å². The van der Waals surface area contributed by atoms with E-state index in [-0.39, 0.29) is 0 Å². The maximum absolute atomic E-state index is 4.83. The van der Waals surface area contributed by atoms with Crippen molar-refractivity contribution in [3.63, 3.8) is 0 Å². The van der Waals surface area contributed by atoms with Gasteiger partial charge < -0.3 is 10.6 Å². The van der Waals surface area contributed by atoms with Gasteiger partial charge in [0.25, 0.3) is 0 Å². The maximum atomic E-state index is 4.83. The summed E-state index contributed by atoms with van der Waals surface area (Å²) in [5.41, 5.74) is 0. The second-order valence-corrected chi connectivity index (χ2v) is 3.03. The summed E-state index contributed by atoms with van der Waals surface area (Å²) in [5, 5.41) is 7.38. The Morgan fingerprint density at radius 1 is 1.88 bits per heavy atom. The summed E-state index contributed by atoms with van der Waals surface area (Å²) in [5.74, 6) is 0. The van der Waals surface area contributed by atoms with E-state index in [0.717, 1.165) is 11.7 Å². The Bertz CT molecular complexity index is 104. The molecule has 0 aromatic heterocycles. The largest absolute Gasteiger partial charge is 0.360 e. The number of hydrogen-bond acceptors (Lipinski definition) is 2. The Balaban J connectivity index is 2.32. The van der Waals surface area contributed by atoms with Gasteiger partial charge in [-0.2, -0.15) is 0 Å². The molecule has 0 bridgehead atoms. The average molecular weight is 148 g/mol. The third kappa shape index (κ3) is 1.26. The van der Waals surface area contributed by atoms with Crippen LogP contribution in [-0.4, -0.2) is 23.3 Å². The van der Waals surface area contributed by atoms with Crippen molar-refractivity contribution in [2.75, 3.05) is 12.8 Å². The Kier molecular flexibility index (Phi) is 1.96. The van der Waals surface area contributed by atoms with Gasteiger partial charge in [0.2, 0.25) is 0 Å². The third-order valence-corrected chi connectivity index (χ3v) is 2.14. The summed E-state index contributed by atoms with van der Waals surface area (Å²) in [6.45, 7) is 0.958. The number of thioether (sulfide) groups is 1. The standard InChI is InChI=1S/C4H8N2S2/c1-8-3-2-5-4(7)6-3/h3H,2H2,1H3,(H2,5,6,7). The molecule has 1 atom stereocenters. The van der Waals surface area contributed by atoms with Gasteiger partial charge in [0.15, 0.2) is 5.11 Å². The zero-order valence-electron chi connectivity index (χ0n) is 4.60. The van der Waals surface area contributed by atoms with E-state index in [1.165, 1.54) is 0 Å². The van der Waals surface area contributed by atoms with Crippen LogP contribution in [0.4, 0.5) is 0 Å².